The number of carbonyl (C=O) groups excluding carboxylic acids is 1. The number of hydrogen-bond acceptors (Lipinski definition) is 6. The van der Waals surface area contributed by atoms with Gasteiger partial charge in [-0.3, -0.25) is 4.79 Å². The van der Waals surface area contributed by atoms with Gasteiger partial charge < -0.3 is 20.3 Å². The molecule has 2 heterocycles. The van der Waals surface area contributed by atoms with E-state index in [9.17, 15) is 4.79 Å². The number of benzene rings is 1. The van der Waals surface area contributed by atoms with Crippen LogP contribution < -0.4 is 20.3 Å². The SMILES string of the molecule is CCCCCOc1nc(C(=O)NCc2ccccc2)cc(N2CCNCC2)n1. The van der Waals surface area contributed by atoms with Crippen molar-refractivity contribution < 1.29 is 9.53 Å². The van der Waals surface area contributed by atoms with Crippen molar-refractivity contribution in [1.29, 1.82) is 0 Å². The summed E-state index contributed by atoms with van der Waals surface area (Å²) in [5.74, 6) is 0.521. The zero-order valence-electron chi connectivity index (χ0n) is 16.5. The number of ether oxygens (including phenoxy) is 1. The van der Waals surface area contributed by atoms with E-state index in [1.54, 1.807) is 6.07 Å². The molecule has 1 aromatic carbocycles. The van der Waals surface area contributed by atoms with Crippen molar-refractivity contribution >= 4 is 11.7 Å². The molecular formula is C21H29N5O2. The number of anilines is 1. The van der Waals surface area contributed by atoms with Crippen LogP contribution in [0.2, 0.25) is 0 Å². The van der Waals surface area contributed by atoms with Crippen LogP contribution in [0.1, 0.15) is 42.2 Å². The lowest BCUT2D eigenvalue weighted by atomic mass is 10.2. The van der Waals surface area contributed by atoms with Crippen molar-refractivity contribution in [3.8, 4) is 6.01 Å². The number of unbranched alkanes of at least 4 members (excludes halogenated alkanes) is 2. The maximum absolute atomic E-state index is 12.7. The van der Waals surface area contributed by atoms with E-state index in [0.717, 1.165) is 56.8 Å². The number of carbonyl (C=O) groups is 1. The molecular weight excluding hydrogens is 354 g/mol. The first-order valence-electron chi connectivity index (χ1n) is 10.1. The normalized spacial score (nSPS) is 14.0. The third-order valence-electron chi connectivity index (χ3n) is 4.64. The summed E-state index contributed by atoms with van der Waals surface area (Å²) in [6, 6.07) is 11.9. The molecule has 0 atom stereocenters. The van der Waals surface area contributed by atoms with E-state index in [1.165, 1.54) is 0 Å². The minimum absolute atomic E-state index is 0.221. The number of nitrogens with zero attached hydrogens (tertiary/aromatic N) is 3. The molecule has 0 saturated carbocycles. The Balaban J connectivity index is 1.72. The monoisotopic (exact) mass is 383 g/mol. The van der Waals surface area contributed by atoms with E-state index in [1.807, 2.05) is 30.3 Å². The van der Waals surface area contributed by atoms with Crippen LogP contribution in [0, 0.1) is 0 Å². The fourth-order valence-electron chi connectivity index (χ4n) is 3.03. The highest BCUT2D eigenvalue weighted by Crippen LogP contribution is 2.18. The molecule has 0 spiro atoms. The maximum Gasteiger partial charge on any atom is 0.319 e. The van der Waals surface area contributed by atoms with Gasteiger partial charge in [-0.1, -0.05) is 50.1 Å². The quantitative estimate of drug-likeness (QED) is 0.648. The second-order valence-corrected chi connectivity index (χ2v) is 6.85. The average molecular weight is 383 g/mol. The van der Waals surface area contributed by atoms with E-state index in [4.69, 9.17) is 4.74 Å². The van der Waals surface area contributed by atoms with E-state index in [0.29, 0.717) is 18.8 Å². The van der Waals surface area contributed by atoms with Crippen molar-refractivity contribution in [1.82, 2.24) is 20.6 Å². The summed E-state index contributed by atoms with van der Waals surface area (Å²) in [4.78, 5) is 23.7. The second-order valence-electron chi connectivity index (χ2n) is 6.85. The average Bonchev–Trinajstić information content (AvgIpc) is 2.76. The minimum Gasteiger partial charge on any atom is -0.463 e. The van der Waals surface area contributed by atoms with Gasteiger partial charge in [0.2, 0.25) is 0 Å². The molecule has 7 nitrogen and oxygen atoms in total. The largest absolute Gasteiger partial charge is 0.463 e. The fraction of sp³-hybridized carbons (Fsp3) is 0.476. The summed E-state index contributed by atoms with van der Waals surface area (Å²) in [6.45, 7) is 6.65. The Hall–Kier alpha value is -2.67. The standard InChI is InChI=1S/C21H29N5O2/c1-2-3-7-14-28-21-24-18(15-19(25-21)26-12-10-22-11-13-26)20(27)23-16-17-8-5-4-6-9-17/h4-6,8-9,15,22H,2-3,7,10-14,16H2,1H3,(H,23,27). The number of piperazine rings is 1. The van der Waals surface area contributed by atoms with Crippen LogP contribution in [-0.2, 0) is 6.54 Å². The van der Waals surface area contributed by atoms with Gasteiger partial charge in [0, 0.05) is 38.8 Å². The summed E-state index contributed by atoms with van der Waals surface area (Å²) in [7, 11) is 0. The molecule has 1 aromatic heterocycles. The Morgan fingerprint density at radius 3 is 2.71 bits per heavy atom. The molecule has 0 bridgehead atoms. The van der Waals surface area contributed by atoms with Gasteiger partial charge in [-0.15, -0.1) is 0 Å². The van der Waals surface area contributed by atoms with Gasteiger partial charge in [0.1, 0.15) is 11.5 Å². The number of nitrogens with one attached hydrogen (secondary N) is 2. The molecule has 2 N–H and O–H groups in total. The smallest absolute Gasteiger partial charge is 0.319 e. The zero-order valence-corrected chi connectivity index (χ0v) is 16.5. The van der Waals surface area contributed by atoms with Crippen LogP contribution in [0.4, 0.5) is 5.82 Å². The fourth-order valence-corrected chi connectivity index (χ4v) is 3.03. The predicted molar refractivity (Wildman–Crippen MR) is 110 cm³/mol. The number of hydrogen-bond donors (Lipinski definition) is 2. The van der Waals surface area contributed by atoms with Crippen LogP contribution in [0.25, 0.3) is 0 Å². The van der Waals surface area contributed by atoms with E-state index in [-0.39, 0.29) is 11.9 Å². The summed E-state index contributed by atoms with van der Waals surface area (Å²) in [6.07, 6.45) is 3.17. The van der Waals surface area contributed by atoms with Gasteiger partial charge in [0.25, 0.3) is 5.91 Å². The van der Waals surface area contributed by atoms with Gasteiger partial charge >= 0.3 is 6.01 Å². The first kappa shape index (κ1) is 20.1. The molecule has 150 valence electrons. The van der Waals surface area contributed by atoms with Crippen molar-refractivity contribution in [2.75, 3.05) is 37.7 Å². The molecule has 0 unspecified atom stereocenters. The molecule has 3 rings (SSSR count). The Kier molecular flexibility index (Phi) is 7.61. The number of rotatable bonds is 9. The molecule has 28 heavy (non-hydrogen) atoms. The van der Waals surface area contributed by atoms with Gasteiger partial charge in [-0.25, -0.2) is 0 Å². The number of amides is 1. The van der Waals surface area contributed by atoms with Crippen LogP contribution in [0.5, 0.6) is 6.01 Å². The zero-order chi connectivity index (χ0) is 19.6. The third-order valence-corrected chi connectivity index (χ3v) is 4.64. The Morgan fingerprint density at radius 1 is 1.18 bits per heavy atom. The van der Waals surface area contributed by atoms with Crippen LogP contribution in [0.3, 0.4) is 0 Å². The molecule has 1 aliphatic heterocycles. The summed E-state index contributed by atoms with van der Waals surface area (Å²) in [5, 5.41) is 6.26. The van der Waals surface area contributed by atoms with Crippen molar-refractivity contribution in [2.24, 2.45) is 0 Å². The highest BCUT2D eigenvalue weighted by atomic mass is 16.5. The third kappa shape index (κ3) is 5.92. The molecule has 0 radical (unpaired) electrons. The summed E-state index contributed by atoms with van der Waals surface area (Å²) < 4.78 is 5.75. The van der Waals surface area contributed by atoms with Crippen molar-refractivity contribution in [3.63, 3.8) is 0 Å². The molecule has 1 fully saturated rings. The summed E-state index contributed by atoms with van der Waals surface area (Å²) in [5.41, 5.74) is 1.38. The topological polar surface area (TPSA) is 79.4 Å². The lowest BCUT2D eigenvalue weighted by molar-refractivity contribution is 0.0944. The Morgan fingerprint density at radius 2 is 1.96 bits per heavy atom. The predicted octanol–water partition coefficient (Wildman–Crippen LogP) is 2.39. The highest BCUT2D eigenvalue weighted by Gasteiger charge is 2.18. The molecule has 1 saturated heterocycles. The van der Waals surface area contributed by atoms with Crippen molar-refractivity contribution in [3.05, 3.63) is 47.7 Å². The molecule has 2 aromatic rings. The van der Waals surface area contributed by atoms with E-state index >= 15 is 0 Å². The maximum atomic E-state index is 12.7. The molecule has 1 aliphatic rings. The first-order chi connectivity index (χ1) is 13.8. The highest BCUT2D eigenvalue weighted by molar-refractivity contribution is 5.93. The Bertz CT molecular complexity index is 748. The lowest BCUT2D eigenvalue weighted by Crippen LogP contribution is -2.44. The van der Waals surface area contributed by atoms with E-state index < -0.39 is 0 Å². The number of aromatic nitrogens is 2. The van der Waals surface area contributed by atoms with Gasteiger partial charge in [0.05, 0.1) is 6.61 Å². The molecule has 1 amide bonds. The molecule has 7 heteroatoms. The Labute approximate surface area is 166 Å². The first-order valence-corrected chi connectivity index (χ1v) is 10.1. The minimum atomic E-state index is -0.221. The van der Waals surface area contributed by atoms with E-state index in [2.05, 4.69) is 32.4 Å². The molecule has 0 aliphatic carbocycles. The van der Waals surface area contributed by atoms with Gasteiger partial charge in [-0.2, -0.15) is 9.97 Å². The van der Waals surface area contributed by atoms with Gasteiger partial charge in [-0.05, 0) is 12.0 Å². The second kappa shape index (κ2) is 10.6. The van der Waals surface area contributed by atoms with Gasteiger partial charge in [0.15, 0.2) is 0 Å². The van der Waals surface area contributed by atoms with Crippen LogP contribution in [-0.4, -0.2) is 48.7 Å². The van der Waals surface area contributed by atoms with Crippen molar-refractivity contribution in [2.45, 2.75) is 32.7 Å². The lowest BCUT2D eigenvalue weighted by Gasteiger charge is -2.28. The summed E-state index contributed by atoms with van der Waals surface area (Å²) >= 11 is 0. The van der Waals surface area contributed by atoms with Crippen LogP contribution in [0.15, 0.2) is 36.4 Å². The van der Waals surface area contributed by atoms with Crippen LogP contribution >= 0.6 is 0 Å².